The minimum atomic E-state index is -4.69. The molecule has 0 radical (unpaired) electrons. The van der Waals surface area contributed by atoms with Crippen LogP contribution < -0.4 is 5.32 Å². The molecule has 1 aliphatic rings. The third-order valence-electron chi connectivity index (χ3n) is 3.99. The summed E-state index contributed by atoms with van der Waals surface area (Å²) >= 11 is 1.50. The Morgan fingerprint density at radius 2 is 1.79 bits per heavy atom. The van der Waals surface area contributed by atoms with Crippen LogP contribution in [0.2, 0.25) is 0 Å². The molecule has 1 N–H and O–H groups in total. The van der Waals surface area contributed by atoms with Crippen LogP contribution >= 0.6 is 23.7 Å². The normalized spacial score (nSPS) is 17.3. The van der Waals surface area contributed by atoms with E-state index in [1.165, 1.54) is 17.4 Å². The van der Waals surface area contributed by atoms with Crippen LogP contribution in [0.15, 0.2) is 35.0 Å². The average Bonchev–Trinajstić information content (AvgIpc) is 3.03. The maximum atomic E-state index is 13.6. The zero-order chi connectivity index (χ0) is 16.4. The summed E-state index contributed by atoms with van der Waals surface area (Å²) in [7, 11) is 0. The molecule has 1 fully saturated rings. The van der Waals surface area contributed by atoms with E-state index < -0.39 is 17.6 Å². The van der Waals surface area contributed by atoms with E-state index in [0.717, 1.165) is 43.9 Å². The van der Waals surface area contributed by atoms with Crippen LogP contribution in [0.4, 0.5) is 17.6 Å². The third kappa shape index (κ3) is 4.08. The van der Waals surface area contributed by atoms with Crippen molar-refractivity contribution in [1.82, 2.24) is 10.2 Å². The molecule has 0 saturated carbocycles. The SMILES string of the molecule is Cl.Fc1ccc([C@H](c2ccsc2)N2CCNCC2)cc1C(F)(F)F. The van der Waals surface area contributed by atoms with E-state index in [1.54, 1.807) is 0 Å². The van der Waals surface area contributed by atoms with Crippen molar-refractivity contribution in [3.8, 4) is 0 Å². The molecule has 1 aromatic heterocycles. The summed E-state index contributed by atoms with van der Waals surface area (Å²) in [5, 5.41) is 7.07. The molecule has 0 spiro atoms. The van der Waals surface area contributed by atoms with Crippen LogP contribution in [-0.4, -0.2) is 31.1 Å². The lowest BCUT2D eigenvalue weighted by atomic mass is 9.96. The molecule has 2 nitrogen and oxygen atoms in total. The number of hydrogen-bond donors (Lipinski definition) is 1. The van der Waals surface area contributed by atoms with Gasteiger partial charge in [0.25, 0.3) is 0 Å². The Hall–Kier alpha value is -1.15. The molecule has 2 heterocycles. The number of nitrogens with one attached hydrogen (secondary N) is 1. The van der Waals surface area contributed by atoms with Gasteiger partial charge in [0.15, 0.2) is 0 Å². The first-order chi connectivity index (χ1) is 11.0. The van der Waals surface area contributed by atoms with E-state index in [-0.39, 0.29) is 18.4 Å². The lowest BCUT2D eigenvalue weighted by Gasteiger charge is -2.35. The first kappa shape index (κ1) is 19.2. The lowest BCUT2D eigenvalue weighted by Crippen LogP contribution is -2.45. The molecule has 1 aliphatic heterocycles. The van der Waals surface area contributed by atoms with Gasteiger partial charge in [-0.05, 0) is 40.1 Å². The molecule has 1 aromatic carbocycles. The molecule has 3 rings (SSSR count). The molecule has 24 heavy (non-hydrogen) atoms. The van der Waals surface area contributed by atoms with Gasteiger partial charge >= 0.3 is 6.18 Å². The zero-order valence-electron chi connectivity index (χ0n) is 12.6. The van der Waals surface area contributed by atoms with Crippen molar-refractivity contribution in [3.05, 3.63) is 57.5 Å². The highest BCUT2D eigenvalue weighted by molar-refractivity contribution is 7.08. The van der Waals surface area contributed by atoms with Crippen molar-refractivity contribution in [2.75, 3.05) is 26.2 Å². The molecule has 2 aromatic rings. The second-order valence-corrected chi connectivity index (χ2v) is 6.26. The number of rotatable bonds is 3. The summed E-state index contributed by atoms with van der Waals surface area (Å²) in [6.07, 6.45) is -4.69. The van der Waals surface area contributed by atoms with Crippen LogP contribution in [0, 0.1) is 5.82 Å². The Labute approximate surface area is 147 Å². The predicted octanol–water partition coefficient (Wildman–Crippen LogP) is 4.32. The molecule has 0 bridgehead atoms. The molecular formula is C16H17ClF4N2S. The molecular weight excluding hydrogens is 364 g/mol. The van der Waals surface area contributed by atoms with Crippen LogP contribution in [0.5, 0.6) is 0 Å². The Kier molecular flexibility index (Phi) is 6.25. The van der Waals surface area contributed by atoms with Crippen molar-refractivity contribution >= 4 is 23.7 Å². The Bertz CT molecular complexity index is 655. The average molecular weight is 381 g/mol. The minimum Gasteiger partial charge on any atom is -0.314 e. The summed E-state index contributed by atoms with van der Waals surface area (Å²) in [6, 6.07) is 4.94. The van der Waals surface area contributed by atoms with Crippen molar-refractivity contribution in [3.63, 3.8) is 0 Å². The van der Waals surface area contributed by atoms with Crippen molar-refractivity contribution < 1.29 is 17.6 Å². The fourth-order valence-electron chi connectivity index (χ4n) is 2.92. The van der Waals surface area contributed by atoms with Gasteiger partial charge in [0.1, 0.15) is 5.82 Å². The standard InChI is InChI=1S/C16H16F4N2S.ClH/c17-14-2-1-11(9-13(14)16(18,19)20)15(12-3-8-23-10-12)22-6-4-21-5-7-22;/h1-3,8-10,15,21H,4-7H2;1H/t15-;/m1./s1. The quantitative estimate of drug-likeness (QED) is 0.798. The van der Waals surface area contributed by atoms with Crippen molar-refractivity contribution in [2.24, 2.45) is 0 Å². The monoisotopic (exact) mass is 380 g/mol. The molecule has 0 unspecified atom stereocenters. The number of nitrogens with zero attached hydrogens (tertiary/aromatic N) is 1. The van der Waals surface area contributed by atoms with Crippen molar-refractivity contribution in [2.45, 2.75) is 12.2 Å². The number of hydrogen-bond acceptors (Lipinski definition) is 3. The highest BCUT2D eigenvalue weighted by Crippen LogP contribution is 2.36. The lowest BCUT2D eigenvalue weighted by molar-refractivity contribution is -0.140. The fraction of sp³-hybridized carbons (Fsp3) is 0.375. The van der Waals surface area contributed by atoms with Crippen molar-refractivity contribution in [1.29, 1.82) is 0 Å². The molecule has 132 valence electrons. The van der Waals surface area contributed by atoms with Crippen LogP contribution in [0.3, 0.4) is 0 Å². The van der Waals surface area contributed by atoms with Crippen LogP contribution in [0.25, 0.3) is 0 Å². The van der Waals surface area contributed by atoms with Gasteiger partial charge < -0.3 is 5.32 Å². The topological polar surface area (TPSA) is 15.3 Å². The maximum absolute atomic E-state index is 13.6. The van der Waals surface area contributed by atoms with Gasteiger partial charge in [-0.3, -0.25) is 4.90 Å². The second-order valence-electron chi connectivity index (χ2n) is 5.48. The van der Waals surface area contributed by atoms with Gasteiger partial charge in [0.2, 0.25) is 0 Å². The summed E-state index contributed by atoms with van der Waals surface area (Å²) in [4.78, 5) is 2.13. The summed E-state index contributed by atoms with van der Waals surface area (Å²) < 4.78 is 52.6. The first-order valence-electron chi connectivity index (χ1n) is 7.30. The largest absolute Gasteiger partial charge is 0.419 e. The summed E-state index contributed by atoms with van der Waals surface area (Å²) in [6.45, 7) is 3.04. The number of piperazine rings is 1. The number of alkyl halides is 3. The minimum absolute atomic E-state index is 0. The van der Waals surface area contributed by atoms with E-state index in [4.69, 9.17) is 0 Å². The predicted molar refractivity (Wildman–Crippen MR) is 89.3 cm³/mol. The number of thiophene rings is 1. The van der Waals surface area contributed by atoms with Gasteiger partial charge in [-0.2, -0.15) is 24.5 Å². The molecule has 1 atom stereocenters. The highest BCUT2D eigenvalue weighted by Gasteiger charge is 2.35. The van der Waals surface area contributed by atoms with Gasteiger partial charge in [-0.1, -0.05) is 6.07 Å². The van der Waals surface area contributed by atoms with E-state index in [0.29, 0.717) is 5.56 Å². The van der Waals surface area contributed by atoms with Gasteiger partial charge in [0.05, 0.1) is 11.6 Å². The second kappa shape index (κ2) is 7.82. The third-order valence-corrected chi connectivity index (χ3v) is 4.69. The molecule has 0 aliphatic carbocycles. The fourth-order valence-corrected chi connectivity index (χ4v) is 3.59. The first-order valence-corrected chi connectivity index (χ1v) is 8.24. The molecule has 0 amide bonds. The molecule has 8 heteroatoms. The summed E-state index contributed by atoms with van der Waals surface area (Å²) in [5.74, 6) is -1.23. The maximum Gasteiger partial charge on any atom is 0.419 e. The highest BCUT2D eigenvalue weighted by atomic mass is 35.5. The zero-order valence-corrected chi connectivity index (χ0v) is 14.3. The van der Waals surface area contributed by atoms with E-state index >= 15 is 0 Å². The molecule has 1 saturated heterocycles. The Morgan fingerprint density at radius 1 is 1.08 bits per heavy atom. The summed E-state index contributed by atoms with van der Waals surface area (Å²) in [5.41, 5.74) is 0.209. The Balaban J connectivity index is 0.00000208. The van der Waals surface area contributed by atoms with Gasteiger partial charge in [0, 0.05) is 26.2 Å². The van der Waals surface area contributed by atoms with E-state index in [1.807, 2.05) is 16.8 Å². The van der Waals surface area contributed by atoms with E-state index in [9.17, 15) is 17.6 Å². The van der Waals surface area contributed by atoms with Gasteiger partial charge in [-0.25, -0.2) is 4.39 Å². The smallest absolute Gasteiger partial charge is 0.314 e. The number of benzene rings is 1. The van der Waals surface area contributed by atoms with Crippen LogP contribution in [-0.2, 0) is 6.18 Å². The van der Waals surface area contributed by atoms with Crippen LogP contribution in [0.1, 0.15) is 22.7 Å². The number of halogens is 5. The van der Waals surface area contributed by atoms with E-state index in [2.05, 4.69) is 10.2 Å². The Morgan fingerprint density at radius 3 is 2.38 bits per heavy atom. The van der Waals surface area contributed by atoms with Gasteiger partial charge in [-0.15, -0.1) is 12.4 Å².